The molecular formula is C16H16F3N3O2S. The fraction of sp³-hybridized carbons (Fsp3) is 0.312. The third-order valence-corrected chi connectivity index (χ3v) is 4.24. The van der Waals surface area contributed by atoms with Gasteiger partial charge in [-0.2, -0.15) is 13.2 Å². The standard InChI is InChI=1S/C16H16F3N3O2S/c1-10(23)20-8-5-9-21-14(24)12-13(16(17,18)19)22-15(25-12)11-6-3-2-4-7-11/h2-4,6-7H,5,8-9H2,1H3,(H,20,23)(H,21,24). The number of alkyl halides is 3. The lowest BCUT2D eigenvalue weighted by Crippen LogP contribution is -2.29. The predicted molar refractivity (Wildman–Crippen MR) is 88.2 cm³/mol. The van der Waals surface area contributed by atoms with Crippen LogP contribution < -0.4 is 10.6 Å². The number of rotatable bonds is 6. The van der Waals surface area contributed by atoms with Crippen molar-refractivity contribution in [1.82, 2.24) is 15.6 Å². The summed E-state index contributed by atoms with van der Waals surface area (Å²) in [7, 11) is 0. The summed E-state index contributed by atoms with van der Waals surface area (Å²) in [5, 5.41) is 5.11. The molecule has 0 bridgehead atoms. The Morgan fingerprint density at radius 2 is 1.76 bits per heavy atom. The summed E-state index contributed by atoms with van der Waals surface area (Å²) in [5.74, 6) is -1.03. The van der Waals surface area contributed by atoms with Crippen LogP contribution in [0.25, 0.3) is 10.6 Å². The van der Waals surface area contributed by atoms with E-state index in [0.29, 0.717) is 29.9 Å². The molecule has 1 aromatic carbocycles. The van der Waals surface area contributed by atoms with Crippen molar-refractivity contribution in [1.29, 1.82) is 0 Å². The van der Waals surface area contributed by atoms with Crippen molar-refractivity contribution in [3.8, 4) is 10.6 Å². The molecule has 1 aromatic heterocycles. The molecule has 2 rings (SSSR count). The van der Waals surface area contributed by atoms with E-state index < -0.39 is 22.7 Å². The van der Waals surface area contributed by atoms with Crippen molar-refractivity contribution in [3.05, 3.63) is 40.9 Å². The number of carbonyl (C=O) groups excluding carboxylic acids is 2. The van der Waals surface area contributed by atoms with Crippen LogP contribution in [0.15, 0.2) is 30.3 Å². The zero-order valence-corrected chi connectivity index (χ0v) is 14.1. The highest BCUT2D eigenvalue weighted by Crippen LogP contribution is 2.37. The van der Waals surface area contributed by atoms with E-state index in [2.05, 4.69) is 15.6 Å². The number of carbonyl (C=O) groups is 2. The van der Waals surface area contributed by atoms with Crippen LogP contribution in [0, 0.1) is 0 Å². The Morgan fingerprint density at radius 1 is 1.12 bits per heavy atom. The second kappa shape index (κ2) is 8.11. The lowest BCUT2D eigenvalue weighted by atomic mass is 10.2. The van der Waals surface area contributed by atoms with Gasteiger partial charge in [0.25, 0.3) is 5.91 Å². The number of thiazole rings is 1. The van der Waals surface area contributed by atoms with Crippen molar-refractivity contribution in [2.24, 2.45) is 0 Å². The Labute approximate surface area is 146 Å². The summed E-state index contributed by atoms with van der Waals surface area (Å²) in [5.41, 5.74) is -0.668. The fourth-order valence-electron chi connectivity index (χ4n) is 2.01. The Morgan fingerprint density at radius 3 is 2.36 bits per heavy atom. The van der Waals surface area contributed by atoms with E-state index in [1.54, 1.807) is 30.3 Å². The van der Waals surface area contributed by atoms with Gasteiger partial charge in [0.1, 0.15) is 9.88 Å². The summed E-state index contributed by atoms with van der Waals surface area (Å²) in [6.45, 7) is 1.84. The first-order valence-corrected chi connectivity index (χ1v) is 8.26. The van der Waals surface area contributed by atoms with E-state index >= 15 is 0 Å². The minimum atomic E-state index is -4.72. The van der Waals surface area contributed by atoms with Crippen LogP contribution in [0.3, 0.4) is 0 Å². The Hall–Kier alpha value is -2.42. The third kappa shape index (κ3) is 5.28. The van der Waals surface area contributed by atoms with E-state index in [0.717, 1.165) is 0 Å². The van der Waals surface area contributed by atoms with Gasteiger partial charge in [0, 0.05) is 25.6 Å². The minimum Gasteiger partial charge on any atom is -0.356 e. The van der Waals surface area contributed by atoms with Gasteiger partial charge in [0.15, 0.2) is 5.69 Å². The number of nitrogens with one attached hydrogen (secondary N) is 2. The maximum absolute atomic E-state index is 13.2. The lowest BCUT2D eigenvalue weighted by Gasteiger charge is -2.07. The summed E-state index contributed by atoms with van der Waals surface area (Å²) in [6, 6.07) is 8.38. The second-order valence-electron chi connectivity index (χ2n) is 5.15. The van der Waals surface area contributed by atoms with Crippen molar-refractivity contribution >= 4 is 23.2 Å². The molecule has 0 spiro atoms. The van der Waals surface area contributed by atoms with Gasteiger partial charge in [0.05, 0.1) is 0 Å². The molecule has 2 N–H and O–H groups in total. The maximum Gasteiger partial charge on any atom is 0.435 e. The number of hydrogen-bond acceptors (Lipinski definition) is 4. The molecule has 2 amide bonds. The maximum atomic E-state index is 13.2. The molecule has 0 aliphatic heterocycles. The third-order valence-electron chi connectivity index (χ3n) is 3.14. The topological polar surface area (TPSA) is 71.1 Å². The van der Waals surface area contributed by atoms with E-state index in [4.69, 9.17) is 0 Å². The first-order valence-electron chi connectivity index (χ1n) is 7.45. The van der Waals surface area contributed by atoms with Gasteiger partial charge in [-0.25, -0.2) is 4.98 Å². The number of nitrogens with zero attached hydrogens (tertiary/aromatic N) is 1. The minimum absolute atomic E-state index is 0.135. The predicted octanol–water partition coefficient (Wildman–Crippen LogP) is 3.08. The monoisotopic (exact) mass is 371 g/mol. The highest BCUT2D eigenvalue weighted by Gasteiger charge is 2.39. The summed E-state index contributed by atoms with van der Waals surface area (Å²) in [4.78, 5) is 26.0. The highest BCUT2D eigenvalue weighted by molar-refractivity contribution is 7.17. The highest BCUT2D eigenvalue weighted by atomic mass is 32.1. The average molecular weight is 371 g/mol. The van der Waals surface area contributed by atoms with Crippen molar-refractivity contribution in [2.45, 2.75) is 19.5 Å². The molecule has 134 valence electrons. The van der Waals surface area contributed by atoms with Crippen LogP contribution in [0.2, 0.25) is 0 Å². The van der Waals surface area contributed by atoms with Crippen LogP contribution in [-0.2, 0) is 11.0 Å². The molecule has 0 saturated carbocycles. The number of halogens is 3. The molecule has 0 aliphatic carbocycles. The Bertz CT molecular complexity index is 745. The van der Waals surface area contributed by atoms with Crippen molar-refractivity contribution < 1.29 is 22.8 Å². The van der Waals surface area contributed by atoms with Gasteiger partial charge in [-0.15, -0.1) is 11.3 Å². The lowest BCUT2D eigenvalue weighted by molar-refractivity contribution is -0.141. The molecule has 0 radical (unpaired) electrons. The van der Waals surface area contributed by atoms with Gasteiger partial charge >= 0.3 is 6.18 Å². The van der Waals surface area contributed by atoms with Crippen LogP contribution in [0.1, 0.15) is 28.7 Å². The molecule has 0 atom stereocenters. The van der Waals surface area contributed by atoms with E-state index in [1.807, 2.05) is 0 Å². The van der Waals surface area contributed by atoms with Crippen LogP contribution in [-0.4, -0.2) is 29.9 Å². The Kier molecular flexibility index (Phi) is 6.13. The van der Waals surface area contributed by atoms with E-state index in [1.165, 1.54) is 6.92 Å². The zero-order chi connectivity index (χ0) is 18.4. The zero-order valence-electron chi connectivity index (χ0n) is 13.3. The number of benzene rings is 1. The SMILES string of the molecule is CC(=O)NCCCNC(=O)c1sc(-c2ccccc2)nc1C(F)(F)F. The van der Waals surface area contributed by atoms with Gasteiger partial charge in [-0.05, 0) is 6.42 Å². The molecule has 0 aliphatic rings. The summed E-state index contributed by atoms with van der Waals surface area (Å²) in [6.07, 6.45) is -4.30. The molecule has 0 fully saturated rings. The molecule has 1 heterocycles. The largest absolute Gasteiger partial charge is 0.435 e. The van der Waals surface area contributed by atoms with E-state index in [-0.39, 0.29) is 17.5 Å². The molecule has 2 aromatic rings. The second-order valence-corrected chi connectivity index (χ2v) is 6.15. The van der Waals surface area contributed by atoms with Gasteiger partial charge in [-0.1, -0.05) is 30.3 Å². The smallest absolute Gasteiger partial charge is 0.356 e. The van der Waals surface area contributed by atoms with Crippen LogP contribution >= 0.6 is 11.3 Å². The number of aromatic nitrogens is 1. The molecular weight excluding hydrogens is 355 g/mol. The van der Waals surface area contributed by atoms with Gasteiger partial charge in [-0.3, -0.25) is 9.59 Å². The molecule has 9 heteroatoms. The summed E-state index contributed by atoms with van der Waals surface area (Å²) >= 11 is 0.703. The first-order chi connectivity index (χ1) is 11.8. The van der Waals surface area contributed by atoms with Crippen molar-refractivity contribution in [3.63, 3.8) is 0 Å². The average Bonchev–Trinajstić information content (AvgIpc) is 3.00. The Balaban J connectivity index is 2.14. The molecule has 5 nitrogen and oxygen atoms in total. The van der Waals surface area contributed by atoms with Gasteiger partial charge < -0.3 is 10.6 Å². The van der Waals surface area contributed by atoms with Crippen LogP contribution in [0.4, 0.5) is 13.2 Å². The first kappa shape index (κ1) is 18.9. The number of hydrogen-bond donors (Lipinski definition) is 2. The summed E-state index contributed by atoms with van der Waals surface area (Å²) < 4.78 is 39.6. The van der Waals surface area contributed by atoms with Gasteiger partial charge in [0.2, 0.25) is 5.91 Å². The fourth-order valence-corrected chi connectivity index (χ4v) is 3.01. The van der Waals surface area contributed by atoms with Crippen molar-refractivity contribution in [2.75, 3.05) is 13.1 Å². The molecule has 0 unspecified atom stereocenters. The quantitative estimate of drug-likeness (QED) is 0.767. The molecule has 0 saturated heterocycles. The van der Waals surface area contributed by atoms with E-state index in [9.17, 15) is 22.8 Å². The van der Waals surface area contributed by atoms with Crippen LogP contribution in [0.5, 0.6) is 0 Å². The normalized spacial score (nSPS) is 11.2. The number of amides is 2. The molecule has 25 heavy (non-hydrogen) atoms.